The predicted molar refractivity (Wildman–Crippen MR) is 158 cm³/mol. The Morgan fingerprint density at radius 3 is 2.58 bits per heavy atom. The van der Waals surface area contributed by atoms with E-state index in [2.05, 4.69) is 22.9 Å². The second-order valence-electron chi connectivity index (χ2n) is 10.4. The van der Waals surface area contributed by atoms with Crippen LogP contribution in [0.5, 0.6) is 0 Å². The molecule has 4 heterocycles. The molecule has 1 saturated heterocycles. The summed E-state index contributed by atoms with van der Waals surface area (Å²) >= 11 is 0.970. The lowest BCUT2D eigenvalue weighted by Gasteiger charge is -2.19. The number of rotatable bonds is 6. The van der Waals surface area contributed by atoms with E-state index in [0.29, 0.717) is 23.3 Å². The molecule has 2 aromatic heterocycles. The van der Waals surface area contributed by atoms with Crippen molar-refractivity contribution in [1.29, 1.82) is 5.26 Å². The molecule has 40 heavy (non-hydrogen) atoms. The first-order chi connectivity index (χ1) is 19.2. The minimum absolute atomic E-state index is 0.115. The second-order valence-corrected chi connectivity index (χ2v) is 11.5. The number of likely N-dealkylation sites (tertiary alicyclic amines) is 1. The Kier molecular flexibility index (Phi) is 9.51. The van der Waals surface area contributed by atoms with Crippen molar-refractivity contribution in [3.8, 4) is 17.3 Å². The molecular weight excluding hydrogens is 530 g/mol. The number of benzene rings is 1. The van der Waals surface area contributed by atoms with Gasteiger partial charge in [-0.25, -0.2) is 13.8 Å². The average molecular weight is 567 g/mol. The number of hydrogen-bond donors (Lipinski definition) is 1. The molecule has 0 unspecified atom stereocenters. The van der Waals surface area contributed by atoms with Gasteiger partial charge in [-0.3, -0.25) is 4.98 Å². The van der Waals surface area contributed by atoms with Gasteiger partial charge in [-0.2, -0.15) is 5.26 Å². The molecule has 0 bridgehead atoms. The summed E-state index contributed by atoms with van der Waals surface area (Å²) in [5.41, 5.74) is 9.14. The van der Waals surface area contributed by atoms with E-state index in [1.807, 2.05) is 32.1 Å². The number of nitrogen functional groups attached to an aromatic ring is 1. The van der Waals surface area contributed by atoms with Crippen LogP contribution in [-0.2, 0) is 18.0 Å². The summed E-state index contributed by atoms with van der Waals surface area (Å²) in [5, 5.41) is 10.1. The van der Waals surface area contributed by atoms with Gasteiger partial charge in [0, 0.05) is 35.8 Å². The molecule has 0 amide bonds. The molecule has 1 aromatic carbocycles. The van der Waals surface area contributed by atoms with Gasteiger partial charge in [-0.05, 0) is 70.1 Å². The Bertz CT molecular complexity index is 1500. The molecule has 2 aliphatic heterocycles. The monoisotopic (exact) mass is 566 g/mol. The number of aromatic nitrogens is 1. The van der Waals surface area contributed by atoms with Gasteiger partial charge in [0.05, 0.1) is 35.4 Å². The fourth-order valence-corrected chi connectivity index (χ4v) is 5.90. The van der Waals surface area contributed by atoms with Crippen LogP contribution < -0.4 is 5.73 Å². The van der Waals surface area contributed by atoms with E-state index < -0.39 is 11.6 Å². The topological polar surface area (TPSA) is 90.8 Å². The zero-order valence-corrected chi connectivity index (χ0v) is 24.6. The van der Waals surface area contributed by atoms with Gasteiger partial charge >= 0.3 is 0 Å². The molecule has 2 N–H and O–H groups in total. The van der Waals surface area contributed by atoms with E-state index in [4.69, 9.17) is 15.5 Å². The van der Waals surface area contributed by atoms with Crippen LogP contribution in [0.25, 0.3) is 21.3 Å². The molecule has 7 nitrogen and oxygen atoms in total. The number of nitriles is 1. The summed E-state index contributed by atoms with van der Waals surface area (Å²) in [4.78, 5) is 13.3. The maximum Gasteiger partial charge on any atom is 0.159 e. The van der Waals surface area contributed by atoms with Gasteiger partial charge in [0.15, 0.2) is 5.82 Å². The third kappa shape index (κ3) is 5.87. The third-order valence-electron chi connectivity index (χ3n) is 6.85. The van der Waals surface area contributed by atoms with Crippen molar-refractivity contribution in [3.63, 3.8) is 0 Å². The van der Waals surface area contributed by atoms with E-state index >= 15 is 4.39 Å². The van der Waals surface area contributed by atoms with Crippen molar-refractivity contribution in [2.45, 2.75) is 52.7 Å². The van der Waals surface area contributed by atoms with Crippen LogP contribution in [-0.4, -0.2) is 55.2 Å². The van der Waals surface area contributed by atoms with Gasteiger partial charge in [0.2, 0.25) is 0 Å². The summed E-state index contributed by atoms with van der Waals surface area (Å²) in [7, 11) is 6.00. The average Bonchev–Trinajstić information content (AvgIpc) is 3.67. The standard InChI is InChI=1S/C27H27F2N5OS.C3H9N/c1-3-4-7-21(34-8-5-6-9-34)32-11-17-15(2)24(29)22(19-14-35-13-18(17)19)25-23-16(10-30)27(31)36-26(23)20(28)12-33-25;1-4(2)3/h7,11-12H,3-6,8-9,13-14,31H2,1-2H3;1-3H3/b21-7-,32-11-;. The maximum absolute atomic E-state index is 16.1. The first-order valence-corrected chi connectivity index (χ1v) is 14.3. The number of hydrogen-bond acceptors (Lipinski definition) is 8. The molecule has 0 saturated carbocycles. The maximum atomic E-state index is 16.1. The van der Waals surface area contributed by atoms with Crippen LogP contribution >= 0.6 is 11.3 Å². The predicted octanol–water partition coefficient (Wildman–Crippen LogP) is 6.37. The highest BCUT2D eigenvalue weighted by Gasteiger charge is 2.30. The minimum Gasteiger partial charge on any atom is -0.389 e. The number of pyridine rings is 1. The normalized spacial score (nSPS) is 15.2. The Hall–Kier alpha value is -3.39. The van der Waals surface area contributed by atoms with Crippen molar-refractivity contribution >= 4 is 32.6 Å². The number of nitrogens with zero attached hydrogens (tertiary/aromatic N) is 5. The van der Waals surface area contributed by atoms with Crippen LogP contribution in [0.4, 0.5) is 13.8 Å². The van der Waals surface area contributed by atoms with Crippen LogP contribution in [0, 0.1) is 29.9 Å². The van der Waals surface area contributed by atoms with Crippen molar-refractivity contribution < 1.29 is 13.5 Å². The molecule has 212 valence electrons. The Balaban J connectivity index is 0.000000867. The van der Waals surface area contributed by atoms with Gasteiger partial charge in [0.1, 0.15) is 22.7 Å². The van der Waals surface area contributed by atoms with E-state index in [9.17, 15) is 9.65 Å². The lowest BCUT2D eigenvalue weighted by molar-refractivity contribution is 0.134. The highest BCUT2D eigenvalue weighted by atomic mass is 32.1. The van der Waals surface area contributed by atoms with Gasteiger partial charge in [-0.1, -0.05) is 13.3 Å². The molecule has 10 heteroatoms. The summed E-state index contributed by atoms with van der Waals surface area (Å²) in [6.07, 6.45) is 9.17. The molecule has 0 radical (unpaired) electrons. The number of halogens is 2. The lowest BCUT2D eigenvalue weighted by atomic mass is 9.90. The number of nitrogens with two attached hydrogens (primary N) is 1. The van der Waals surface area contributed by atoms with Crippen molar-refractivity contribution in [1.82, 2.24) is 14.8 Å². The minimum atomic E-state index is -0.589. The molecule has 0 atom stereocenters. The van der Waals surface area contributed by atoms with E-state index in [-0.39, 0.29) is 38.5 Å². The fraction of sp³-hybridized carbons (Fsp3) is 0.433. The molecule has 5 rings (SSSR count). The summed E-state index contributed by atoms with van der Waals surface area (Å²) in [5.74, 6) is -0.149. The van der Waals surface area contributed by atoms with Crippen LogP contribution in [0.1, 0.15) is 60.4 Å². The zero-order valence-electron chi connectivity index (χ0n) is 23.8. The lowest BCUT2D eigenvalue weighted by Crippen LogP contribution is -2.17. The zero-order chi connectivity index (χ0) is 29.0. The van der Waals surface area contributed by atoms with Crippen LogP contribution in [0.3, 0.4) is 0 Å². The number of thiophene rings is 1. The molecule has 2 aliphatic rings. The van der Waals surface area contributed by atoms with E-state index in [1.165, 1.54) is 0 Å². The second kappa shape index (κ2) is 12.9. The number of aliphatic imine (C=N–C) groups is 1. The van der Waals surface area contributed by atoms with Gasteiger partial charge in [-0.15, -0.1) is 11.3 Å². The molecule has 3 aromatic rings. The van der Waals surface area contributed by atoms with E-state index in [1.54, 1.807) is 13.1 Å². The SMILES string of the molecule is CCC/C=C(/N=C\c1c(C)c(F)c(-c2ncc(F)c3sc(N)c(C#N)c23)c2c1COC2)N1CCCC1.CN(C)C. The number of fused-ring (bicyclic) bond motifs is 2. The molecular formula is C30H36F2N6OS. The number of anilines is 1. The fourth-order valence-electron chi connectivity index (χ4n) is 4.98. The van der Waals surface area contributed by atoms with Crippen LogP contribution in [0.2, 0.25) is 0 Å². The highest BCUT2D eigenvalue weighted by molar-refractivity contribution is 7.23. The van der Waals surface area contributed by atoms with Crippen molar-refractivity contribution in [2.24, 2.45) is 4.99 Å². The largest absolute Gasteiger partial charge is 0.389 e. The highest BCUT2D eigenvalue weighted by Crippen LogP contribution is 2.44. The Morgan fingerprint density at radius 1 is 1.25 bits per heavy atom. The van der Waals surface area contributed by atoms with Crippen LogP contribution in [0.15, 0.2) is 23.1 Å². The summed E-state index contributed by atoms with van der Waals surface area (Å²) < 4.78 is 36.6. The smallest absolute Gasteiger partial charge is 0.159 e. The third-order valence-corrected chi connectivity index (χ3v) is 7.88. The first-order valence-electron chi connectivity index (χ1n) is 13.5. The van der Waals surface area contributed by atoms with E-state index in [0.717, 1.165) is 67.7 Å². The molecule has 1 fully saturated rings. The Morgan fingerprint density at radius 2 is 1.93 bits per heavy atom. The van der Waals surface area contributed by atoms with Crippen molar-refractivity contribution in [3.05, 3.63) is 57.5 Å². The summed E-state index contributed by atoms with van der Waals surface area (Å²) in [6.45, 7) is 6.27. The first kappa shape index (κ1) is 29.6. The molecule has 0 aliphatic carbocycles. The Labute approximate surface area is 238 Å². The molecule has 0 spiro atoms. The van der Waals surface area contributed by atoms with Crippen molar-refractivity contribution in [2.75, 3.05) is 40.0 Å². The van der Waals surface area contributed by atoms with Gasteiger partial charge < -0.3 is 20.3 Å². The number of allylic oxidation sites excluding steroid dienone is 1. The number of ether oxygens (including phenoxy) is 1. The number of unbranched alkanes of at least 4 members (excludes halogenated alkanes) is 1. The summed E-state index contributed by atoms with van der Waals surface area (Å²) in [6, 6.07) is 2.04. The van der Waals surface area contributed by atoms with Gasteiger partial charge in [0.25, 0.3) is 0 Å². The quantitative estimate of drug-likeness (QED) is 0.349.